The summed E-state index contributed by atoms with van der Waals surface area (Å²) in [5.41, 5.74) is 14.8. The third-order valence-corrected chi connectivity index (χ3v) is 6.74. The van der Waals surface area contributed by atoms with Crippen LogP contribution in [-0.2, 0) is 12.8 Å². The summed E-state index contributed by atoms with van der Waals surface area (Å²) >= 11 is 2.59. The molecule has 2 heterocycles. The van der Waals surface area contributed by atoms with Crippen molar-refractivity contribution in [3.05, 3.63) is 58.7 Å². The molecule has 2 aliphatic rings. The van der Waals surface area contributed by atoms with Gasteiger partial charge in [-0.1, -0.05) is 12.1 Å². The molecule has 7 rings (SSSR count). The van der Waals surface area contributed by atoms with E-state index in [1.807, 2.05) is 0 Å². The van der Waals surface area contributed by atoms with Crippen LogP contribution in [0.25, 0.3) is 44.3 Å². The molecule has 0 bridgehead atoms. The number of fused-ring (bicyclic) bond motifs is 10. The fourth-order valence-electron chi connectivity index (χ4n) is 4.54. The molecular formula is C20H10N4S2. The van der Waals surface area contributed by atoms with Gasteiger partial charge in [0.05, 0.1) is 23.5 Å². The van der Waals surface area contributed by atoms with E-state index in [-0.39, 0.29) is 0 Å². The molecule has 0 saturated heterocycles. The molecule has 0 fully saturated rings. The molecule has 6 heteroatoms. The summed E-state index contributed by atoms with van der Waals surface area (Å²) in [6.45, 7) is 0. The third kappa shape index (κ3) is 1.55. The van der Waals surface area contributed by atoms with Crippen LogP contribution < -0.4 is 0 Å². The fraction of sp³-hybridized carbons (Fsp3) is 0.100. The van der Waals surface area contributed by atoms with Gasteiger partial charge in [-0.05, 0) is 70.5 Å². The van der Waals surface area contributed by atoms with Crippen LogP contribution >= 0.6 is 23.5 Å². The van der Waals surface area contributed by atoms with Crippen molar-refractivity contribution in [2.24, 2.45) is 0 Å². The van der Waals surface area contributed by atoms with E-state index in [1.54, 1.807) is 0 Å². The molecule has 0 aliphatic heterocycles. The maximum absolute atomic E-state index is 4.57. The Balaban J connectivity index is 1.53. The summed E-state index contributed by atoms with van der Waals surface area (Å²) in [5, 5.41) is 0. The van der Waals surface area contributed by atoms with E-state index >= 15 is 0 Å². The van der Waals surface area contributed by atoms with Gasteiger partial charge in [0.1, 0.15) is 22.1 Å². The van der Waals surface area contributed by atoms with Crippen LogP contribution in [0.3, 0.4) is 0 Å². The van der Waals surface area contributed by atoms with Crippen molar-refractivity contribution in [2.75, 3.05) is 0 Å². The Kier molecular flexibility index (Phi) is 2.35. The molecular weight excluding hydrogens is 360 g/mol. The second kappa shape index (κ2) is 4.52. The van der Waals surface area contributed by atoms with Gasteiger partial charge in [0.2, 0.25) is 0 Å². The number of hydrogen-bond acceptors (Lipinski definition) is 6. The highest BCUT2D eigenvalue weighted by Gasteiger charge is 2.28. The molecule has 0 amide bonds. The molecule has 2 aromatic heterocycles. The van der Waals surface area contributed by atoms with Crippen molar-refractivity contribution in [1.29, 1.82) is 0 Å². The lowest BCUT2D eigenvalue weighted by atomic mass is 9.97. The molecule has 0 unspecified atom stereocenters. The average Bonchev–Trinajstić information content (AvgIpc) is 3.40. The quantitative estimate of drug-likeness (QED) is 0.383. The Morgan fingerprint density at radius 3 is 1.58 bits per heavy atom. The monoisotopic (exact) mass is 370 g/mol. The highest BCUT2D eigenvalue weighted by atomic mass is 32.1. The molecule has 0 atom stereocenters. The largest absolute Gasteiger partial charge is 0.173 e. The summed E-state index contributed by atoms with van der Waals surface area (Å²) < 4.78 is 18.0. The van der Waals surface area contributed by atoms with Crippen molar-refractivity contribution in [3.8, 4) is 22.3 Å². The van der Waals surface area contributed by atoms with Crippen LogP contribution in [0.1, 0.15) is 22.3 Å². The summed E-state index contributed by atoms with van der Waals surface area (Å²) in [6.07, 6.45) is 1.93. The Bertz CT molecular complexity index is 1290. The SMILES string of the molecule is c1cc2nsnc2c2c1Cc1cc3c(cc1-2)Cc1ccc2nsnc2c1-3. The van der Waals surface area contributed by atoms with E-state index < -0.39 is 0 Å². The van der Waals surface area contributed by atoms with E-state index in [0.717, 1.165) is 34.9 Å². The number of hydrogen-bond donors (Lipinski definition) is 0. The molecule has 122 valence electrons. The summed E-state index contributed by atoms with van der Waals surface area (Å²) in [5.74, 6) is 0. The predicted molar refractivity (Wildman–Crippen MR) is 105 cm³/mol. The number of benzene rings is 3. The normalized spacial score (nSPS) is 13.8. The van der Waals surface area contributed by atoms with Crippen molar-refractivity contribution < 1.29 is 0 Å². The first-order valence-corrected chi connectivity index (χ1v) is 9.98. The molecule has 4 nitrogen and oxygen atoms in total. The third-order valence-electron chi connectivity index (χ3n) is 5.66. The Morgan fingerprint density at radius 1 is 0.577 bits per heavy atom. The summed E-state index contributed by atoms with van der Waals surface area (Å²) in [6, 6.07) is 13.4. The maximum atomic E-state index is 4.57. The standard InChI is InChI=1S/C20H10N4S2/c1-3-15-19(23-25-21-15)17-9(1)5-11-7-14-12(8-13(11)17)6-10-2-4-16-20(18(10)14)24-26-22-16/h1-4,7-8H,5-6H2. The van der Waals surface area contributed by atoms with E-state index in [9.17, 15) is 0 Å². The highest BCUT2D eigenvalue weighted by Crippen LogP contribution is 2.47. The van der Waals surface area contributed by atoms with E-state index in [0.29, 0.717) is 0 Å². The van der Waals surface area contributed by atoms with Crippen molar-refractivity contribution in [3.63, 3.8) is 0 Å². The number of nitrogens with zero attached hydrogens (tertiary/aromatic N) is 4. The maximum Gasteiger partial charge on any atom is 0.112 e. The molecule has 0 N–H and O–H groups in total. The van der Waals surface area contributed by atoms with Gasteiger partial charge in [-0.2, -0.15) is 17.5 Å². The predicted octanol–water partition coefficient (Wildman–Crippen LogP) is 4.84. The van der Waals surface area contributed by atoms with Crippen molar-refractivity contribution in [1.82, 2.24) is 17.5 Å². The minimum Gasteiger partial charge on any atom is -0.173 e. The Hall–Kier alpha value is -2.70. The van der Waals surface area contributed by atoms with Gasteiger partial charge in [-0.15, -0.1) is 0 Å². The zero-order valence-electron chi connectivity index (χ0n) is 13.5. The molecule has 3 aromatic carbocycles. The number of aromatic nitrogens is 4. The second-order valence-electron chi connectivity index (χ2n) is 6.98. The summed E-state index contributed by atoms with van der Waals surface area (Å²) in [4.78, 5) is 0. The van der Waals surface area contributed by atoms with Crippen molar-refractivity contribution >= 4 is 45.5 Å². The van der Waals surface area contributed by atoms with Crippen LogP contribution in [-0.4, -0.2) is 17.5 Å². The van der Waals surface area contributed by atoms with Gasteiger partial charge >= 0.3 is 0 Å². The first kappa shape index (κ1) is 13.5. The van der Waals surface area contributed by atoms with Gasteiger partial charge in [0.15, 0.2) is 0 Å². The van der Waals surface area contributed by atoms with Crippen LogP contribution in [0.4, 0.5) is 0 Å². The highest BCUT2D eigenvalue weighted by molar-refractivity contribution is 7.00. The topological polar surface area (TPSA) is 51.6 Å². The lowest BCUT2D eigenvalue weighted by Gasteiger charge is -2.07. The first-order valence-electron chi connectivity index (χ1n) is 8.52. The van der Waals surface area contributed by atoms with Gasteiger partial charge in [-0.25, -0.2) is 0 Å². The first-order chi connectivity index (χ1) is 12.9. The Morgan fingerprint density at radius 2 is 1.08 bits per heavy atom. The fourth-order valence-corrected chi connectivity index (χ4v) is 5.63. The van der Waals surface area contributed by atoms with Crippen LogP contribution in [0.15, 0.2) is 36.4 Å². The molecule has 5 aromatic rings. The zero-order valence-corrected chi connectivity index (χ0v) is 15.1. The average molecular weight is 370 g/mol. The van der Waals surface area contributed by atoms with Crippen LogP contribution in [0, 0.1) is 0 Å². The molecule has 0 spiro atoms. The van der Waals surface area contributed by atoms with E-state index in [2.05, 4.69) is 53.9 Å². The minimum absolute atomic E-state index is 0.964. The molecule has 26 heavy (non-hydrogen) atoms. The number of rotatable bonds is 0. The van der Waals surface area contributed by atoms with Gasteiger partial charge in [-0.3, -0.25) is 0 Å². The molecule has 0 radical (unpaired) electrons. The zero-order chi connectivity index (χ0) is 16.8. The minimum atomic E-state index is 0.964. The van der Waals surface area contributed by atoms with Gasteiger partial charge in [0.25, 0.3) is 0 Å². The van der Waals surface area contributed by atoms with E-state index in [4.69, 9.17) is 0 Å². The molecule has 2 aliphatic carbocycles. The van der Waals surface area contributed by atoms with Crippen LogP contribution in [0.2, 0.25) is 0 Å². The smallest absolute Gasteiger partial charge is 0.112 e. The van der Waals surface area contributed by atoms with Crippen molar-refractivity contribution in [2.45, 2.75) is 12.8 Å². The lowest BCUT2D eigenvalue weighted by molar-refractivity contribution is 1.24. The summed E-state index contributed by atoms with van der Waals surface area (Å²) in [7, 11) is 0. The van der Waals surface area contributed by atoms with Gasteiger partial charge in [0, 0.05) is 11.1 Å². The second-order valence-corrected chi connectivity index (χ2v) is 8.04. The Labute approximate surface area is 156 Å². The van der Waals surface area contributed by atoms with Crippen LogP contribution in [0.5, 0.6) is 0 Å². The van der Waals surface area contributed by atoms with Gasteiger partial charge < -0.3 is 0 Å². The van der Waals surface area contributed by atoms with E-state index in [1.165, 1.54) is 68.0 Å². The lowest BCUT2D eigenvalue weighted by Crippen LogP contribution is -1.86. The molecule has 0 saturated carbocycles.